The second-order valence-electron chi connectivity index (χ2n) is 7.39. The van der Waals surface area contributed by atoms with E-state index in [1.807, 2.05) is 35.9 Å². The van der Waals surface area contributed by atoms with E-state index in [2.05, 4.69) is 27.2 Å². The van der Waals surface area contributed by atoms with Crippen LogP contribution in [0.3, 0.4) is 0 Å². The highest BCUT2D eigenvalue weighted by Gasteiger charge is 2.30. The second kappa shape index (κ2) is 7.68. The zero-order chi connectivity index (χ0) is 18.8. The van der Waals surface area contributed by atoms with E-state index in [1.54, 1.807) is 0 Å². The molecule has 1 unspecified atom stereocenters. The highest BCUT2D eigenvalue weighted by atomic mass is 16.5. The Bertz CT molecular complexity index is 821. The van der Waals surface area contributed by atoms with Gasteiger partial charge >= 0.3 is 6.03 Å². The van der Waals surface area contributed by atoms with Crippen LogP contribution in [0.4, 0.5) is 10.6 Å². The largest absolute Gasteiger partial charge is 0.378 e. The van der Waals surface area contributed by atoms with Crippen LogP contribution in [0, 0.1) is 6.92 Å². The number of aryl methyl sites for hydroxylation is 1. The number of urea groups is 1. The molecule has 2 fully saturated rings. The first-order valence-corrected chi connectivity index (χ1v) is 9.71. The van der Waals surface area contributed by atoms with Gasteiger partial charge in [-0.1, -0.05) is 24.3 Å². The molecule has 2 aliphatic rings. The number of aromatic nitrogens is 2. The van der Waals surface area contributed by atoms with Crippen molar-refractivity contribution in [1.82, 2.24) is 20.0 Å². The number of fused-ring (bicyclic) bond motifs is 1. The summed E-state index contributed by atoms with van der Waals surface area (Å²) in [5.41, 5.74) is 0.947. The summed E-state index contributed by atoms with van der Waals surface area (Å²) in [6, 6.07) is 8.56. The minimum absolute atomic E-state index is 0.102. The molecule has 2 aliphatic heterocycles. The Morgan fingerprint density at radius 2 is 1.89 bits per heavy atom. The maximum atomic E-state index is 12.8. The number of benzene rings is 1. The Morgan fingerprint density at radius 3 is 2.67 bits per heavy atom. The lowest BCUT2D eigenvalue weighted by atomic mass is 10.0. The Morgan fingerprint density at radius 1 is 1.15 bits per heavy atom. The molecular formula is C20H27N5O2. The minimum atomic E-state index is 0.102. The van der Waals surface area contributed by atoms with Crippen LogP contribution >= 0.6 is 0 Å². The Labute approximate surface area is 159 Å². The van der Waals surface area contributed by atoms with Crippen LogP contribution in [0.1, 0.15) is 18.5 Å². The third-order valence-corrected chi connectivity index (χ3v) is 5.68. The van der Waals surface area contributed by atoms with E-state index in [1.165, 1.54) is 0 Å². The minimum Gasteiger partial charge on any atom is -0.378 e. The molecule has 0 bridgehead atoms. The first kappa shape index (κ1) is 18.0. The molecule has 1 aromatic carbocycles. The number of hydrogen-bond donors (Lipinski definition) is 0. The van der Waals surface area contributed by atoms with Crippen molar-refractivity contribution >= 4 is 22.6 Å². The van der Waals surface area contributed by atoms with Gasteiger partial charge in [-0.05, 0) is 19.8 Å². The van der Waals surface area contributed by atoms with E-state index in [0.717, 1.165) is 48.2 Å². The molecule has 0 saturated carbocycles. The molecule has 27 heavy (non-hydrogen) atoms. The molecule has 2 amide bonds. The first-order valence-electron chi connectivity index (χ1n) is 9.71. The van der Waals surface area contributed by atoms with Crippen molar-refractivity contribution in [3.63, 3.8) is 0 Å². The van der Waals surface area contributed by atoms with Gasteiger partial charge < -0.3 is 19.4 Å². The topological polar surface area (TPSA) is 61.8 Å². The lowest BCUT2D eigenvalue weighted by Crippen LogP contribution is -2.54. The van der Waals surface area contributed by atoms with Crippen LogP contribution in [-0.4, -0.2) is 78.5 Å². The van der Waals surface area contributed by atoms with Gasteiger partial charge in [-0.25, -0.2) is 4.79 Å². The molecule has 144 valence electrons. The van der Waals surface area contributed by atoms with Gasteiger partial charge in [0.05, 0.1) is 24.9 Å². The molecule has 0 N–H and O–H groups in total. The molecule has 4 rings (SSSR count). The number of amides is 2. The summed E-state index contributed by atoms with van der Waals surface area (Å²) in [6.45, 7) is 6.32. The number of hydrogen-bond acceptors (Lipinski definition) is 5. The van der Waals surface area contributed by atoms with Gasteiger partial charge in [-0.3, -0.25) is 0 Å². The molecule has 2 saturated heterocycles. The molecule has 0 spiro atoms. The van der Waals surface area contributed by atoms with Crippen LogP contribution in [0.2, 0.25) is 0 Å². The predicted octanol–water partition coefficient (Wildman–Crippen LogP) is 2.29. The number of piperidine rings is 1. The van der Waals surface area contributed by atoms with Gasteiger partial charge in [0.25, 0.3) is 0 Å². The zero-order valence-electron chi connectivity index (χ0n) is 16.1. The molecular weight excluding hydrogens is 342 g/mol. The third-order valence-electron chi connectivity index (χ3n) is 5.68. The summed E-state index contributed by atoms with van der Waals surface area (Å²) in [5.74, 6) is 0.924. The van der Waals surface area contributed by atoms with E-state index in [-0.39, 0.29) is 12.1 Å². The molecule has 7 heteroatoms. The summed E-state index contributed by atoms with van der Waals surface area (Å²) >= 11 is 0. The van der Waals surface area contributed by atoms with Crippen LogP contribution < -0.4 is 4.90 Å². The SMILES string of the molecule is Cc1nnc(N2CCCC(N(C)C(=O)N3CCOCC3)C2)c2ccccc12. The fourth-order valence-corrected chi connectivity index (χ4v) is 4.05. The summed E-state index contributed by atoms with van der Waals surface area (Å²) in [6.07, 6.45) is 2.05. The number of morpholine rings is 1. The number of rotatable bonds is 2. The van der Waals surface area contributed by atoms with E-state index in [0.29, 0.717) is 26.3 Å². The van der Waals surface area contributed by atoms with E-state index in [4.69, 9.17) is 4.74 Å². The van der Waals surface area contributed by atoms with Crippen LogP contribution in [0.25, 0.3) is 10.8 Å². The fourth-order valence-electron chi connectivity index (χ4n) is 4.05. The van der Waals surface area contributed by atoms with Crippen LogP contribution in [-0.2, 0) is 4.74 Å². The number of carbonyl (C=O) groups excluding carboxylic acids is 1. The Hall–Kier alpha value is -2.41. The number of carbonyl (C=O) groups is 1. The quantitative estimate of drug-likeness (QED) is 0.813. The lowest BCUT2D eigenvalue weighted by Gasteiger charge is -2.40. The lowest BCUT2D eigenvalue weighted by molar-refractivity contribution is 0.0414. The maximum Gasteiger partial charge on any atom is 0.320 e. The number of nitrogens with zero attached hydrogens (tertiary/aromatic N) is 5. The van der Waals surface area contributed by atoms with E-state index >= 15 is 0 Å². The van der Waals surface area contributed by atoms with Crippen molar-refractivity contribution in [2.45, 2.75) is 25.8 Å². The molecule has 2 aromatic rings. The second-order valence-corrected chi connectivity index (χ2v) is 7.39. The average molecular weight is 369 g/mol. The smallest absolute Gasteiger partial charge is 0.320 e. The van der Waals surface area contributed by atoms with Gasteiger partial charge in [0.1, 0.15) is 0 Å². The third kappa shape index (κ3) is 3.56. The van der Waals surface area contributed by atoms with Crippen molar-refractivity contribution < 1.29 is 9.53 Å². The highest BCUT2D eigenvalue weighted by molar-refractivity contribution is 5.93. The maximum absolute atomic E-state index is 12.8. The van der Waals surface area contributed by atoms with Crippen molar-refractivity contribution in [1.29, 1.82) is 0 Å². The van der Waals surface area contributed by atoms with Crippen molar-refractivity contribution in [2.75, 3.05) is 51.3 Å². The zero-order valence-corrected chi connectivity index (χ0v) is 16.1. The summed E-state index contributed by atoms with van der Waals surface area (Å²) < 4.78 is 5.36. The Kier molecular flexibility index (Phi) is 5.11. The molecule has 0 aliphatic carbocycles. The molecule has 3 heterocycles. The van der Waals surface area contributed by atoms with Crippen LogP contribution in [0.5, 0.6) is 0 Å². The summed E-state index contributed by atoms with van der Waals surface area (Å²) in [5, 5.41) is 11.1. The predicted molar refractivity (Wildman–Crippen MR) is 105 cm³/mol. The molecule has 1 aromatic heterocycles. The molecule has 1 atom stereocenters. The summed E-state index contributed by atoms with van der Waals surface area (Å²) in [7, 11) is 1.92. The number of anilines is 1. The number of likely N-dealkylation sites (N-methyl/N-ethyl adjacent to an activating group) is 1. The van der Waals surface area contributed by atoms with Crippen molar-refractivity contribution in [3.8, 4) is 0 Å². The average Bonchev–Trinajstić information content (AvgIpc) is 2.74. The van der Waals surface area contributed by atoms with Gasteiger partial charge in [0.15, 0.2) is 5.82 Å². The van der Waals surface area contributed by atoms with Crippen molar-refractivity contribution in [2.24, 2.45) is 0 Å². The molecule has 0 radical (unpaired) electrons. The normalized spacial score (nSPS) is 20.7. The van der Waals surface area contributed by atoms with Crippen LogP contribution in [0.15, 0.2) is 24.3 Å². The van der Waals surface area contributed by atoms with Crippen molar-refractivity contribution in [3.05, 3.63) is 30.0 Å². The van der Waals surface area contributed by atoms with Gasteiger partial charge in [-0.15, -0.1) is 5.10 Å². The van der Waals surface area contributed by atoms with E-state index in [9.17, 15) is 4.79 Å². The fraction of sp³-hybridized carbons (Fsp3) is 0.550. The van der Waals surface area contributed by atoms with Gasteiger partial charge in [0, 0.05) is 44.0 Å². The molecule has 7 nitrogen and oxygen atoms in total. The Balaban J connectivity index is 1.53. The standard InChI is InChI=1S/C20H27N5O2/c1-15-17-7-3-4-8-18(17)19(22-21-15)25-9-5-6-16(14-25)23(2)20(26)24-10-12-27-13-11-24/h3-4,7-8,16H,5-6,9-14H2,1-2H3. The van der Waals surface area contributed by atoms with E-state index < -0.39 is 0 Å². The number of ether oxygens (including phenoxy) is 1. The first-order chi connectivity index (χ1) is 13.1. The monoisotopic (exact) mass is 369 g/mol. The summed E-state index contributed by atoms with van der Waals surface area (Å²) in [4.78, 5) is 18.9. The van der Waals surface area contributed by atoms with Gasteiger partial charge in [0.2, 0.25) is 0 Å². The van der Waals surface area contributed by atoms with Gasteiger partial charge in [-0.2, -0.15) is 5.10 Å². The highest BCUT2D eigenvalue weighted by Crippen LogP contribution is 2.28.